The fourth-order valence-corrected chi connectivity index (χ4v) is 2.87. The van der Waals surface area contributed by atoms with Gasteiger partial charge in [-0.1, -0.05) is 25.7 Å². The van der Waals surface area contributed by atoms with E-state index < -0.39 is 0 Å². The second-order valence-corrected chi connectivity index (χ2v) is 6.67. The Morgan fingerprint density at radius 1 is 1.52 bits per heavy atom. The van der Waals surface area contributed by atoms with E-state index in [2.05, 4.69) is 29.5 Å². The Bertz CT molecular complexity index is 343. The molecule has 0 amide bonds. The summed E-state index contributed by atoms with van der Waals surface area (Å²) in [5, 5.41) is 10.1. The molecule has 0 spiro atoms. The summed E-state index contributed by atoms with van der Waals surface area (Å²) in [6.45, 7) is 12.9. The molecule has 1 unspecified atom stereocenters. The van der Waals surface area contributed by atoms with Crippen LogP contribution in [0.15, 0.2) is 24.3 Å². The van der Waals surface area contributed by atoms with Crippen LogP contribution in [0.2, 0.25) is 0 Å². The molecule has 1 aliphatic heterocycles. The molecular formula is C17H31O3P. The van der Waals surface area contributed by atoms with Gasteiger partial charge in [0, 0.05) is 9.47 Å². The van der Waals surface area contributed by atoms with Crippen LogP contribution in [0.5, 0.6) is 0 Å². The Morgan fingerprint density at radius 2 is 2.24 bits per heavy atom. The lowest BCUT2D eigenvalue weighted by Crippen LogP contribution is -2.17. The molecule has 0 aromatic rings. The minimum atomic E-state index is -0.280. The number of rotatable bonds is 10. The van der Waals surface area contributed by atoms with Crippen molar-refractivity contribution >= 4 is 9.47 Å². The van der Waals surface area contributed by atoms with E-state index >= 15 is 0 Å². The standard InChI is InChI=1S/C17H31O3P/c1-12(2)13(3)10-15(18)7-8-17-14(4)11-16(20-17)6-5-9-19-21/h13,15-18H,1,4-11,21H2,2-3H3/t13-,15-,16+,17+/m1/s1. The maximum absolute atomic E-state index is 10.1. The molecule has 0 aromatic heterocycles. The molecule has 1 rings (SSSR count). The zero-order chi connectivity index (χ0) is 15.8. The number of aliphatic hydroxyl groups is 1. The van der Waals surface area contributed by atoms with E-state index in [1.807, 2.05) is 6.92 Å². The van der Waals surface area contributed by atoms with Crippen LogP contribution in [0.1, 0.15) is 52.4 Å². The van der Waals surface area contributed by atoms with Gasteiger partial charge in [-0.25, -0.2) is 0 Å². The molecule has 5 atom stereocenters. The maximum atomic E-state index is 10.1. The second kappa shape index (κ2) is 9.74. The molecule has 0 aliphatic carbocycles. The first-order valence-electron chi connectivity index (χ1n) is 7.92. The fraction of sp³-hybridized carbons (Fsp3) is 0.765. The first-order valence-corrected chi connectivity index (χ1v) is 8.39. The quantitative estimate of drug-likeness (QED) is 0.376. The number of allylic oxidation sites excluding steroid dienone is 1. The monoisotopic (exact) mass is 314 g/mol. The third kappa shape index (κ3) is 7.06. The molecule has 4 heteroatoms. The number of ether oxygens (including phenoxy) is 1. The van der Waals surface area contributed by atoms with E-state index in [9.17, 15) is 5.11 Å². The van der Waals surface area contributed by atoms with Crippen molar-refractivity contribution in [3.63, 3.8) is 0 Å². The minimum absolute atomic E-state index is 0.113. The second-order valence-electron chi connectivity index (χ2n) is 6.34. The van der Waals surface area contributed by atoms with E-state index in [0.717, 1.165) is 50.7 Å². The van der Waals surface area contributed by atoms with Gasteiger partial charge < -0.3 is 14.4 Å². The lowest BCUT2D eigenvalue weighted by Gasteiger charge is -2.19. The van der Waals surface area contributed by atoms with Crippen LogP contribution in [0, 0.1) is 5.92 Å². The Labute approximate surface area is 132 Å². The largest absolute Gasteiger partial charge is 0.393 e. The highest BCUT2D eigenvalue weighted by molar-refractivity contribution is 7.09. The van der Waals surface area contributed by atoms with Crippen LogP contribution in [-0.4, -0.2) is 30.0 Å². The van der Waals surface area contributed by atoms with Gasteiger partial charge in [-0.05, 0) is 56.9 Å². The van der Waals surface area contributed by atoms with Crippen LogP contribution in [0.3, 0.4) is 0 Å². The number of aliphatic hydroxyl groups excluding tert-OH is 1. The van der Waals surface area contributed by atoms with Crippen LogP contribution in [-0.2, 0) is 9.26 Å². The van der Waals surface area contributed by atoms with Crippen LogP contribution in [0.25, 0.3) is 0 Å². The summed E-state index contributed by atoms with van der Waals surface area (Å²) in [5.74, 6) is 0.368. The predicted molar refractivity (Wildman–Crippen MR) is 91.1 cm³/mol. The Morgan fingerprint density at radius 3 is 2.86 bits per heavy atom. The molecule has 3 nitrogen and oxygen atoms in total. The summed E-state index contributed by atoms with van der Waals surface area (Å²) in [6, 6.07) is 0. The molecule has 1 N–H and O–H groups in total. The van der Waals surface area contributed by atoms with Crippen molar-refractivity contribution in [2.75, 3.05) is 6.61 Å². The van der Waals surface area contributed by atoms with Crippen molar-refractivity contribution < 1.29 is 14.4 Å². The highest BCUT2D eigenvalue weighted by atomic mass is 31.0. The number of hydrogen-bond acceptors (Lipinski definition) is 3. The summed E-state index contributed by atoms with van der Waals surface area (Å²) in [7, 11) is 2.28. The van der Waals surface area contributed by atoms with E-state index in [1.165, 1.54) is 5.57 Å². The lowest BCUT2D eigenvalue weighted by atomic mass is 9.93. The van der Waals surface area contributed by atoms with Gasteiger partial charge in [0.25, 0.3) is 0 Å². The zero-order valence-corrected chi connectivity index (χ0v) is 14.7. The average Bonchev–Trinajstić information content (AvgIpc) is 2.77. The van der Waals surface area contributed by atoms with E-state index in [0.29, 0.717) is 5.92 Å². The van der Waals surface area contributed by atoms with Gasteiger partial charge >= 0.3 is 0 Å². The summed E-state index contributed by atoms with van der Waals surface area (Å²) in [6.07, 6.45) is 5.48. The van der Waals surface area contributed by atoms with Gasteiger partial charge in [-0.2, -0.15) is 0 Å². The van der Waals surface area contributed by atoms with Crippen molar-refractivity contribution in [1.82, 2.24) is 0 Å². The minimum Gasteiger partial charge on any atom is -0.393 e. The Hall–Kier alpha value is -0.210. The van der Waals surface area contributed by atoms with E-state index in [1.54, 1.807) is 0 Å². The fourth-order valence-electron chi connectivity index (χ4n) is 2.71. The van der Waals surface area contributed by atoms with Gasteiger partial charge in [0.2, 0.25) is 0 Å². The highest BCUT2D eigenvalue weighted by Crippen LogP contribution is 2.31. The third-order valence-corrected chi connectivity index (χ3v) is 4.55. The van der Waals surface area contributed by atoms with Gasteiger partial charge in [-0.3, -0.25) is 0 Å². The van der Waals surface area contributed by atoms with Crippen LogP contribution in [0.4, 0.5) is 0 Å². The van der Waals surface area contributed by atoms with Gasteiger partial charge in [0.1, 0.15) is 0 Å². The number of hydrogen-bond donors (Lipinski definition) is 1. The molecule has 0 radical (unpaired) electrons. The Kier molecular flexibility index (Phi) is 8.73. The first-order chi connectivity index (χ1) is 9.93. The molecule has 1 fully saturated rings. The van der Waals surface area contributed by atoms with Crippen molar-refractivity contribution in [2.24, 2.45) is 5.92 Å². The highest BCUT2D eigenvalue weighted by Gasteiger charge is 2.28. The van der Waals surface area contributed by atoms with Gasteiger partial charge in [0.15, 0.2) is 0 Å². The van der Waals surface area contributed by atoms with Crippen molar-refractivity contribution in [2.45, 2.75) is 70.7 Å². The van der Waals surface area contributed by atoms with Crippen molar-refractivity contribution in [3.8, 4) is 0 Å². The molecule has 0 aromatic carbocycles. The van der Waals surface area contributed by atoms with E-state index in [4.69, 9.17) is 9.26 Å². The van der Waals surface area contributed by atoms with Crippen LogP contribution < -0.4 is 0 Å². The molecule has 122 valence electrons. The molecule has 1 heterocycles. The predicted octanol–water partition coefficient (Wildman–Crippen LogP) is 4.03. The van der Waals surface area contributed by atoms with E-state index in [-0.39, 0.29) is 18.3 Å². The molecular weight excluding hydrogens is 283 g/mol. The van der Waals surface area contributed by atoms with Crippen molar-refractivity contribution in [1.29, 1.82) is 0 Å². The van der Waals surface area contributed by atoms with Gasteiger partial charge in [-0.15, -0.1) is 0 Å². The van der Waals surface area contributed by atoms with Crippen molar-refractivity contribution in [3.05, 3.63) is 24.3 Å². The van der Waals surface area contributed by atoms with Gasteiger partial charge in [0.05, 0.1) is 24.9 Å². The Balaban J connectivity index is 2.25. The van der Waals surface area contributed by atoms with Crippen LogP contribution >= 0.6 is 9.47 Å². The maximum Gasteiger partial charge on any atom is 0.0788 e. The molecule has 1 aliphatic rings. The first kappa shape index (κ1) is 18.8. The summed E-state index contributed by atoms with van der Waals surface area (Å²) in [5.41, 5.74) is 2.30. The third-order valence-electron chi connectivity index (χ3n) is 4.32. The zero-order valence-electron chi connectivity index (χ0n) is 13.5. The molecule has 21 heavy (non-hydrogen) atoms. The smallest absolute Gasteiger partial charge is 0.0788 e. The summed E-state index contributed by atoms with van der Waals surface area (Å²) >= 11 is 0. The SMILES string of the molecule is C=C(C)[C@H](C)C[C@H](O)CC[C@@H]1O[C@@H](CCCOP)CC1=C. The average molecular weight is 314 g/mol. The normalized spacial score (nSPS) is 25.0. The summed E-state index contributed by atoms with van der Waals surface area (Å²) < 4.78 is 11.0. The summed E-state index contributed by atoms with van der Waals surface area (Å²) in [4.78, 5) is 0. The molecule has 0 bridgehead atoms. The molecule has 1 saturated heterocycles. The molecule has 0 saturated carbocycles. The topological polar surface area (TPSA) is 38.7 Å². The lowest BCUT2D eigenvalue weighted by molar-refractivity contribution is 0.0299.